The van der Waals surface area contributed by atoms with Crippen LogP contribution in [0.3, 0.4) is 0 Å². The van der Waals surface area contributed by atoms with Gasteiger partial charge in [-0.05, 0) is 23.8 Å². The van der Waals surface area contributed by atoms with Gasteiger partial charge in [-0.2, -0.15) is 18.4 Å². The number of anilines is 1. The zero-order valence-corrected chi connectivity index (χ0v) is 18.8. The Morgan fingerprint density at radius 1 is 1.06 bits per heavy atom. The molecule has 1 unspecified atom stereocenters. The highest BCUT2D eigenvalue weighted by atomic mass is 19.4. The minimum atomic E-state index is -5.11. The molecule has 0 fully saturated rings. The zero-order chi connectivity index (χ0) is 26.8. The number of carboxylic acid groups (broad SMARTS) is 1. The van der Waals surface area contributed by atoms with Crippen molar-refractivity contribution < 1.29 is 42.1 Å². The molecule has 0 spiro atoms. The van der Waals surface area contributed by atoms with Gasteiger partial charge in [-0.3, -0.25) is 4.90 Å². The normalized spacial score (nSPS) is 15.9. The number of ether oxygens (including phenoxy) is 2. The van der Waals surface area contributed by atoms with E-state index in [1.54, 1.807) is 18.2 Å². The number of nitrogens with two attached hydrogens (primary N) is 1. The maximum atomic E-state index is 14.1. The molecule has 186 valence electrons. The van der Waals surface area contributed by atoms with E-state index in [9.17, 15) is 37.9 Å². The number of nitrogens with zero attached hydrogens (tertiary/aromatic N) is 2. The van der Waals surface area contributed by atoms with Crippen molar-refractivity contribution in [1.29, 1.82) is 5.26 Å². The van der Waals surface area contributed by atoms with Crippen molar-refractivity contribution in [1.82, 2.24) is 0 Å². The van der Waals surface area contributed by atoms with Gasteiger partial charge in [-0.25, -0.2) is 14.4 Å². The topological polar surface area (TPSA) is 143 Å². The predicted molar refractivity (Wildman–Crippen MR) is 118 cm³/mol. The summed E-state index contributed by atoms with van der Waals surface area (Å²) in [6.45, 7) is 0. The highest BCUT2D eigenvalue weighted by Crippen LogP contribution is 2.46. The van der Waals surface area contributed by atoms with E-state index in [1.807, 2.05) is 6.07 Å². The Morgan fingerprint density at radius 3 is 2.17 bits per heavy atom. The van der Waals surface area contributed by atoms with E-state index in [0.29, 0.717) is 16.5 Å². The monoisotopic (exact) mass is 501 g/mol. The Hall–Kier alpha value is -4.79. The highest BCUT2D eigenvalue weighted by molar-refractivity contribution is 6.06. The number of carboxylic acids is 1. The van der Waals surface area contributed by atoms with Crippen LogP contribution in [0.1, 0.15) is 27.4 Å². The van der Waals surface area contributed by atoms with Crippen LogP contribution in [-0.2, 0) is 25.2 Å². The van der Waals surface area contributed by atoms with Crippen molar-refractivity contribution in [3.8, 4) is 6.07 Å². The van der Waals surface area contributed by atoms with Crippen LogP contribution in [-0.4, -0.2) is 37.2 Å². The lowest BCUT2D eigenvalue weighted by Gasteiger charge is -2.36. The lowest BCUT2D eigenvalue weighted by molar-refractivity contribution is -0.139. The molecule has 9 nitrogen and oxygen atoms in total. The number of alkyl halides is 3. The number of carbonyl (C=O) groups excluding carboxylic acids is 2. The van der Waals surface area contributed by atoms with Gasteiger partial charge in [0.2, 0.25) is 0 Å². The van der Waals surface area contributed by atoms with Crippen LogP contribution >= 0.6 is 0 Å². The molecule has 1 atom stereocenters. The van der Waals surface area contributed by atoms with Gasteiger partial charge >= 0.3 is 24.1 Å². The summed E-state index contributed by atoms with van der Waals surface area (Å²) >= 11 is 0. The number of halogens is 3. The van der Waals surface area contributed by atoms with E-state index in [1.165, 1.54) is 12.1 Å². The van der Waals surface area contributed by atoms with E-state index >= 15 is 0 Å². The third-order valence-electron chi connectivity index (χ3n) is 5.40. The molecule has 3 N–H and O–H groups in total. The summed E-state index contributed by atoms with van der Waals surface area (Å²) in [5, 5.41) is 19.1. The molecule has 1 aliphatic rings. The molecular formula is C24H18F3N3O6. The van der Waals surface area contributed by atoms with E-state index in [2.05, 4.69) is 0 Å². The Bertz CT molecular complexity index is 1340. The second kappa shape index (κ2) is 9.83. The number of aromatic carboxylic acids is 1. The first-order valence-electron chi connectivity index (χ1n) is 10.1. The molecule has 36 heavy (non-hydrogen) atoms. The standard InChI is InChI=1S/C24H18F3N3O6/c1-35-22(33)18-17(12-6-4-3-5-7-12)14(11-28)20(29)30(19(18)23(34)36-2)16-9-8-13(21(31)32)10-15(16)24(25,26)27/h3-10,17H,29H2,1-2H3,(H,31,32). The smallest absolute Gasteiger partial charge is 0.418 e. The second-order valence-electron chi connectivity index (χ2n) is 7.37. The zero-order valence-electron chi connectivity index (χ0n) is 18.8. The first kappa shape index (κ1) is 25.8. The SMILES string of the molecule is COC(=O)C1=C(C(=O)OC)N(c2ccc(C(=O)O)cc2C(F)(F)F)C(N)=C(C#N)C1c1ccccc1. The Labute approximate surface area is 202 Å². The summed E-state index contributed by atoms with van der Waals surface area (Å²) in [4.78, 5) is 37.8. The van der Waals surface area contributed by atoms with Gasteiger partial charge in [0.25, 0.3) is 0 Å². The summed E-state index contributed by atoms with van der Waals surface area (Å²) in [5.41, 5.74) is 2.00. The number of rotatable bonds is 5. The maximum absolute atomic E-state index is 14.1. The molecule has 0 radical (unpaired) electrons. The van der Waals surface area contributed by atoms with Crippen LogP contribution in [0.25, 0.3) is 0 Å². The molecule has 0 saturated heterocycles. The third kappa shape index (κ3) is 4.46. The molecule has 0 saturated carbocycles. The fourth-order valence-electron chi connectivity index (χ4n) is 3.85. The van der Waals surface area contributed by atoms with Crippen LogP contribution < -0.4 is 10.6 Å². The van der Waals surface area contributed by atoms with Gasteiger partial charge in [-0.15, -0.1) is 0 Å². The quantitative estimate of drug-likeness (QED) is 0.590. The highest BCUT2D eigenvalue weighted by Gasteiger charge is 2.45. The molecule has 0 bridgehead atoms. The summed E-state index contributed by atoms with van der Waals surface area (Å²) < 4.78 is 51.8. The molecule has 0 aliphatic carbocycles. The van der Waals surface area contributed by atoms with Crippen molar-refractivity contribution in [2.24, 2.45) is 5.73 Å². The number of hydrogen-bond acceptors (Lipinski definition) is 8. The number of allylic oxidation sites excluding steroid dienone is 1. The van der Waals surface area contributed by atoms with Gasteiger partial charge in [-0.1, -0.05) is 30.3 Å². The van der Waals surface area contributed by atoms with Crippen LogP contribution in [0, 0.1) is 11.3 Å². The lowest BCUT2D eigenvalue weighted by Crippen LogP contribution is -2.41. The number of hydrogen-bond donors (Lipinski definition) is 2. The second-order valence-corrected chi connectivity index (χ2v) is 7.37. The van der Waals surface area contributed by atoms with E-state index in [-0.39, 0.29) is 5.57 Å². The van der Waals surface area contributed by atoms with Gasteiger partial charge < -0.3 is 20.3 Å². The summed E-state index contributed by atoms with van der Waals surface area (Å²) in [6.07, 6.45) is -5.11. The first-order chi connectivity index (χ1) is 17.0. The van der Waals surface area contributed by atoms with Crippen LogP contribution in [0.2, 0.25) is 0 Å². The number of benzene rings is 2. The van der Waals surface area contributed by atoms with Gasteiger partial charge in [0.1, 0.15) is 11.5 Å². The van der Waals surface area contributed by atoms with Crippen molar-refractivity contribution in [2.75, 3.05) is 19.1 Å². The minimum Gasteiger partial charge on any atom is -0.478 e. The van der Waals surface area contributed by atoms with Crippen LogP contribution in [0.15, 0.2) is 71.2 Å². The van der Waals surface area contributed by atoms with Gasteiger partial charge in [0.05, 0.1) is 54.2 Å². The van der Waals surface area contributed by atoms with Crippen molar-refractivity contribution in [2.45, 2.75) is 12.1 Å². The van der Waals surface area contributed by atoms with Crippen LogP contribution in [0.5, 0.6) is 0 Å². The largest absolute Gasteiger partial charge is 0.478 e. The van der Waals surface area contributed by atoms with Crippen molar-refractivity contribution in [3.05, 3.63) is 87.9 Å². The molecule has 12 heteroatoms. The first-order valence-corrected chi connectivity index (χ1v) is 10.1. The van der Waals surface area contributed by atoms with Crippen molar-refractivity contribution >= 4 is 23.6 Å². The lowest BCUT2D eigenvalue weighted by atomic mass is 9.80. The average Bonchev–Trinajstić information content (AvgIpc) is 2.86. The molecule has 3 rings (SSSR count). The molecule has 2 aromatic carbocycles. The third-order valence-corrected chi connectivity index (χ3v) is 5.40. The fourth-order valence-corrected chi connectivity index (χ4v) is 3.85. The molecule has 0 amide bonds. The predicted octanol–water partition coefficient (Wildman–Crippen LogP) is 3.30. The van der Waals surface area contributed by atoms with Gasteiger partial charge in [0, 0.05) is 0 Å². The number of carbonyl (C=O) groups is 3. The summed E-state index contributed by atoms with van der Waals surface area (Å²) in [5.74, 6) is -5.86. The summed E-state index contributed by atoms with van der Waals surface area (Å²) in [6, 6.07) is 11.7. The molecule has 0 aromatic heterocycles. The molecule has 1 heterocycles. The Balaban J connectivity index is 2.50. The minimum absolute atomic E-state index is 0.329. The molecule has 1 aliphatic heterocycles. The number of methoxy groups -OCH3 is 2. The van der Waals surface area contributed by atoms with Gasteiger partial charge in [0.15, 0.2) is 0 Å². The Morgan fingerprint density at radius 2 is 1.67 bits per heavy atom. The van der Waals surface area contributed by atoms with E-state index in [4.69, 9.17) is 15.2 Å². The van der Waals surface area contributed by atoms with Crippen LogP contribution in [0.4, 0.5) is 18.9 Å². The Kier molecular flexibility index (Phi) is 7.05. The fraction of sp³-hybridized carbons (Fsp3) is 0.167. The summed E-state index contributed by atoms with van der Waals surface area (Å²) in [7, 11) is 1.94. The maximum Gasteiger partial charge on any atom is 0.418 e. The van der Waals surface area contributed by atoms with E-state index in [0.717, 1.165) is 26.4 Å². The number of esters is 2. The molecule has 2 aromatic rings. The average molecular weight is 501 g/mol. The van der Waals surface area contributed by atoms with E-state index < -0.39 is 63.9 Å². The number of nitriles is 1. The van der Waals surface area contributed by atoms with Crippen molar-refractivity contribution in [3.63, 3.8) is 0 Å². The molecular weight excluding hydrogens is 483 g/mol.